The highest BCUT2D eigenvalue weighted by atomic mass is 16.5. The van der Waals surface area contributed by atoms with Crippen LogP contribution in [0.3, 0.4) is 0 Å². The number of hydrogen-bond donors (Lipinski definition) is 0. The average molecular weight is 327 g/mol. The Morgan fingerprint density at radius 1 is 1.33 bits per heavy atom. The van der Waals surface area contributed by atoms with Gasteiger partial charge in [-0.05, 0) is 62.7 Å². The van der Waals surface area contributed by atoms with Gasteiger partial charge in [0.2, 0.25) is 0 Å². The van der Waals surface area contributed by atoms with Crippen molar-refractivity contribution in [1.82, 2.24) is 4.90 Å². The van der Waals surface area contributed by atoms with Crippen molar-refractivity contribution in [2.45, 2.75) is 63.0 Å². The van der Waals surface area contributed by atoms with Crippen LogP contribution in [0.15, 0.2) is 12.1 Å². The SMILES string of the molecule is CCC[C@H]1CC[C@@H]2Oc3c(OC)ccc4c3[C@@]23CCN(C)[C@H](C4)C13. The predicted molar refractivity (Wildman–Crippen MR) is 94.9 cm³/mol. The van der Waals surface area contributed by atoms with E-state index in [1.165, 1.54) is 50.6 Å². The second-order valence-electron chi connectivity index (χ2n) is 8.43. The Labute approximate surface area is 145 Å². The van der Waals surface area contributed by atoms with Gasteiger partial charge >= 0.3 is 0 Å². The lowest BCUT2D eigenvalue weighted by Gasteiger charge is -2.60. The molecule has 1 saturated heterocycles. The molecule has 1 spiro atoms. The molecule has 4 aliphatic rings. The second-order valence-corrected chi connectivity index (χ2v) is 8.43. The van der Waals surface area contributed by atoms with E-state index in [1.807, 2.05) is 0 Å². The molecule has 1 saturated carbocycles. The van der Waals surface area contributed by atoms with Crippen LogP contribution in [0.1, 0.15) is 50.2 Å². The Morgan fingerprint density at radius 2 is 2.21 bits per heavy atom. The van der Waals surface area contributed by atoms with E-state index in [4.69, 9.17) is 9.47 Å². The van der Waals surface area contributed by atoms with Crippen LogP contribution in [-0.4, -0.2) is 37.7 Å². The van der Waals surface area contributed by atoms with Gasteiger partial charge in [0, 0.05) is 17.0 Å². The molecule has 130 valence electrons. The van der Waals surface area contributed by atoms with E-state index < -0.39 is 0 Å². The number of likely N-dealkylation sites (N-methyl/N-ethyl adjacent to an activating group) is 1. The highest BCUT2D eigenvalue weighted by Crippen LogP contribution is 2.65. The minimum absolute atomic E-state index is 0.257. The smallest absolute Gasteiger partial charge is 0.165 e. The fourth-order valence-electron chi connectivity index (χ4n) is 6.75. The molecule has 2 aliphatic carbocycles. The number of piperidine rings is 1. The third-order valence-corrected chi connectivity index (χ3v) is 7.58. The van der Waals surface area contributed by atoms with Crippen LogP contribution in [0.2, 0.25) is 0 Å². The van der Waals surface area contributed by atoms with E-state index in [-0.39, 0.29) is 5.41 Å². The summed E-state index contributed by atoms with van der Waals surface area (Å²) in [5, 5.41) is 0. The number of rotatable bonds is 3. The summed E-state index contributed by atoms with van der Waals surface area (Å²) in [6.07, 6.45) is 8.04. The van der Waals surface area contributed by atoms with Crippen LogP contribution in [-0.2, 0) is 11.8 Å². The molecule has 3 nitrogen and oxygen atoms in total. The van der Waals surface area contributed by atoms with Gasteiger partial charge in [-0.25, -0.2) is 0 Å². The largest absolute Gasteiger partial charge is 0.493 e. The van der Waals surface area contributed by atoms with Gasteiger partial charge in [-0.15, -0.1) is 0 Å². The quantitative estimate of drug-likeness (QED) is 0.843. The summed E-state index contributed by atoms with van der Waals surface area (Å²) in [5.41, 5.74) is 3.33. The van der Waals surface area contributed by atoms with Gasteiger partial charge in [0.25, 0.3) is 0 Å². The Hall–Kier alpha value is -1.22. The molecule has 2 heterocycles. The Morgan fingerprint density at radius 3 is 3.00 bits per heavy atom. The van der Waals surface area contributed by atoms with Gasteiger partial charge in [0.15, 0.2) is 11.5 Å². The summed E-state index contributed by atoms with van der Waals surface area (Å²) < 4.78 is 12.3. The van der Waals surface area contributed by atoms with E-state index in [0.29, 0.717) is 12.1 Å². The molecule has 0 amide bonds. The van der Waals surface area contributed by atoms with Crippen molar-refractivity contribution in [3.8, 4) is 11.5 Å². The van der Waals surface area contributed by atoms with E-state index >= 15 is 0 Å². The first kappa shape index (κ1) is 15.1. The maximum atomic E-state index is 6.62. The molecule has 1 aromatic rings. The molecule has 5 atom stereocenters. The number of benzene rings is 1. The first-order valence-electron chi connectivity index (χ1n) is 9.78. The van der Waals surface area contributed by atoms with Crippen LogP contribution < -0.4 is 9.47 Å². The van der Waals surface area contributed by atoms with E-state index in [9.17, 15) is 0 Å². The average Bonchev–Trinajstić information content (AvgIpc) is 2.93. The molecule has 1 unspecified atom stereocenters. The van der Waals surface area contributed by atoms with Crippen molar-refractivity contribution in [1.29, 1.82) is 0 Å². The summed E-state index contributed by atoms with van der Waals surface area (Å²) >= 11 is 0. The number of methoxy groups -OCH3 is 1. The molecule has 3 heteroatoms. The number of hydrogen-bond acceptors (Lipinski definition) is 3. The summed E-state index contributed by atoms with van der Waals surface area (Å²) in [7, 11) is 4.12. The highest BCUT2D eigenvalue weighted by molar-refractivity contribution is 5.61. The third-order valence-electron chi connectivity index (χ3n) is 7.58. The number of nitrogens with zero attached hydrogens (tertiary/aromatic N) is 1. The zero-order valence-electron chi connectivity index (χ0n) is 15.2. The van der Waals surface area contributed by atoms with E-state index in [1.54, 1.807) is 12.7 Å². The Bertz CT molecular complexity index is 672. The summed E-state index contributed by atoms with van der Waals surface area (Å²) in [6, 6.07) is 5.13. The Balaban J connectivity index is 1.74. The molecule has 5 rings (SSSR count). The van der Waals surface area contributed by atoms with Crippen molar-refractivity contribution < 1.29 is 9.47 Å². The van der Waals surface area contributed by atoms with Crippen LogP contribution >= 0.6 is 0 Å². The predicted octanol–water partition coefficient (Wildman–Crippen LogP) is 3.78. The normalized spacial score (nSPS) is 39.3. The fourth-order valence-corrected chi connectivity index (χ4v) is 6.75. The van der Waals surface area contributed by atoms with Crippen LogP contribution in [0, 0.1) is 11.8 Å². The lowest BCUT2D eigenvalue weighted by Crippen LogP contribution is -2.65. The van der Waals surface area contributed by atoms with Crippen LogP contribution in [0.5, 0.6) is 11.5 Å². The molecule has 0 aromatic heterocycles. The molecule has 24 heavy (non-hydrogen) atoms. The van der Waals surface area contributed by atoms with E-state index in [0.717, 1.165) is 23.3 Å². The first-order valence-corrected chi connectivity index (χ1v) is 9.78. The second kappa shape index (κ2) is 5.14. The number of ether oxygens (including phenoxy) is 2. The lowest BCUT2D eigenvalue weighted by atomic mass is 9.48. The van der Waals surface area contributed by atoms with Crippen molar-refractivity contribution in [2.75, 3.05) is 20.7 Å². The molecule has 2 aliphatic heterocycles. The van der Waals surface area contributed by atoms with Gasteiger partial charge in [-0.1, -0.05) is 25.8 Å². The van der Waals surface area contributed by atoms with Crippen LogP contribution in [0.25, 0.3) is 0 Å². The molecule has 2 fully saturated rings. The van der Waals surface area contributed by atoms with Gasteiger partial charge in [-0.2, -0.15) is 0 Å². The molecule has 0 radical (unpaired) electrons. The van der Waals surface area contributed by atoms with Crippen molar-refractivity contribution in [2.24, 2.45) is 11.8 Å². The molecule has 2 bridgehead atoms. The summed E-state index contributed by atoms with van der Waals surface area (Å²) in [5.74, 6) is 3.65. The molecular formula is C21H29NO2. The first-order chi connectivity index (χ1) is 11.7. The molecule has 0 N–H and O–H groups in total. The lowest BCUT2D eigenvalue weighted by molar-refractivity contribution is -0.0749. The minimum atomic E-state index is 0.257. The number of likely N-dealkylation sites (tertiary alicyclic amines) is 1. The summed E-state index contributed by atoms with van der Waals surface area (Å²) in [4.78, 5) is 2.64. The molecule has 1 aromatic carbocycles. The Kier molecular flexibility index (Phi) is 3.23. The minimum Gasteiger partial charge on any atom is -0.493 e. The van der Waals surface area contributed by atoms with Gasteiger partial charge in [-0.3, -0.25) is 0 Å². The fraction of sp³-hybridized carbons (Fsp3) is 0.714. The third kappa shape index (κ3) is 1.67. The topological polar surface area (TPSA) is 21.7 Å². The van der Waals surface area contributed by atoms with Crippen molar-refractivity contribution in [3.63, 3.8) is 0 Å². The maximum Gasteiger partial charge on any atom is 0.165 e. The molecular weight excluding hydrogens is 298 g/mol. The van der Waals surface area contributed by atoms with Crippen molar-refractivity contribution >= 4 is 0 Å². The highest BCUT2D eigenvalue weighted by Gasteiger charge is 2.65. The van der Waals surface area contributed by atoms with Crippen molar-refractivity contribution in [3.05, 3.63) is 23.3 Å². The monoisotopic (exact) mass is 327 g/mol. The standard InChI is InChI=1S/C21H29NO2/c1-4-5-13-7-9-17-21-10-11-22(2)15(18(13)21)12-14-6-8-16(23-3)20(24-17)19(14)21/h6,8,13,15,17-18H,4-5,7,9-12H2,1-3H3/t13-,15+,17-,18?,21-/m0/s1. The zero-order valence-corrected chi connectivity index (χ0v) is 15.2. The zero-order chi connectivity index (χ0) is 16.5. The van der Waals surface area contributed by atoms with Gasteiger partial charge in [0.1, 0.15) is 6.10 Å². The van der Waals surface area contributed by atoms with Gasteiger partial charge < -0.3 is 14.4 Å². The van der Waals surface area contributed by atoms with Gasteiger partial charge in [0.05, 0.1) is 7.11 Å². The van der Waals surface area contributed by atoms with Crippen LogP contribution in [0.4, 0.5) is 0 Å². The maximum absolute atomic E-state index is 6.62. The van der Waals surface area contributed by atoms with E-state index in [2.05, 4.69) is 31.0 Å². The summed E-state index contributed by atoms with van der Waals surface area (Å²) in [6.45, 7) is 3.55.